The van der Waals surface area contributed by atoms with Crippen molar-refractivity contribution in [3.8, 4) is 0 Å². The highest BCUT2D eigenvalue weighted by Crippen LogP contribution is 2.40. The molecule has 0 unspecified atom stereocenters. The molecule has 0 aromatic carbocycles. The van der Waals surface area contributed by atoms with Gasteiger partial charge in [0.15, 0.2) is 6.61 Å². The van der Waals surface area contributed by atoms with Gasteiger partial charge in [-0.3, -0.25) is 14.5 Å². The number of aryl methyl sites for hydroxylation is 1. The summed E-state index contributed by atoms with van der Waals surface area (Å²) in [6, 6.07) is 0. The number of hydrogen-bond acceptors (Lipinski definition) is 8. The molecule has 2 aromatic rings. The second-order valence-corrected chi connectivity index (χ2v) is 13.3. The Morgan fingerprint density at radius 1 is 1.00 bits per heavy atom. The summed E-state index contributed by atoms with van der Waals surface area (Å²) < 4.78 is 7.40. The lowest BCUT2D eigenvalue weighted by molar-refractivity contribution is -0.151. The van der Waals surface area contributed by atoms with Crippen molar-refractivity contribution in [2.24, 2.45) is 11.3 Å². The Labute approximate surface area is 258 Å². The third kappa shape index (κ3) is 10.7. The second-order valence-electron chi connectivity index (χ2n) is 13.3. The first kappa shape index (κ1) is 33.1. The Hall–Kier alpha value is -2.76. The third-order valence-corrected chi connectivity index (χ3v) is 8.99. The molecule has 2 aromatic heterocycles. The van der Waals surface area contributed by atoms with E-state index in [4.69, 9.17) is 9.72 Å². The van der Waals surface area contributed by atoms with E-state index >= 15 is 0 Å². The van der Waals surface area contributed by atoms with Gasteiger partial charge in [0, 0.05) is 64.9 Å². The number of imidazole rings is 2. The van der Waals surface area contributed by atoms with Gasteiger partial charge < -0.3 is 29.0 Å². The van der Waals surface area contributed by atoms with E-state index in [1.165, 1.54) is 56.9 Å². The van der Waals surface area contributed by atoms with Gasteiger partial charge in [0.05, 0.1) is 13.1 Å². The van der Waals surface area contributed by atoms with Gasteiger partial charge in [0.1, 0.15) is 11.6 Å². The maximum atomic E-state index is 12.1. The van der Waals surface area contributed by atoms with Crippen LogP contribution in [0.2, 0.25) is 0 Å². The highest BCUT2D eigenvalue weighted by atomic mass is 16.5. The van der Waals surface area contributed by atoms with E-state index in [1.807, 2.05) is 12.4 Å². The van der Waals surface area contributed by atoms with Crippen LogP contribution in [0.4, 0.5) is 0 Å². The summed E-state index contributed by atoms with van der Waals surface area (Å²) in [5, 5.41) is 0. The zero-order valence-electron chi connectivity index (χ0n) is 27.0. The molecule has 1 spiro atoms. The lowest BCUT2D eigenvalue weighted by Gasteiger charge is -2.40. The molecule has 4 heterocycles. The van der Waals surface area contributed by atoms with Gasteiger partial charge in [0.25, 0.3) is 5.91 Å². The van der Waals surface area contributed by atoms with E-state index in [0.717, 1.165) is 56.6 Å². The molecule has 2 aliphatic heterocycles. The van der Waals surface area contributed by atoms with Crippen LogP contribution in [-0.2, 0) is 34.0 Å². The molecule has 4 rings (SSSR count). The standard InChI is InChI=1S/C32H54N8O3/c1-27(2)22-37-18-9-32(10-19-37)11-20-38(26-32)16-7-17-40-21-14-35-29(40)24-39(23-28-33-12-13-34-28)15-6-5-8-31(42)43-25-30(41)36(3)4/h12-14,21,27H,5-11,15-20,22-26H2,1-4H3,(H,33,34). The Morgan fingerprint density at radius 3 is 2.47 bits per heavy atom. The number of nitrogens with zero attached hydrogens (tertiary/aromatic N) is 7. The first-order valence-corrected chi connectivity index (χ1v) is 16.2. The van der Waals surface area contributed by atoms with Crippen LogP contribution in [0.25, 0.3) is 0 Å². The molecule has 11 nitrogen and oxygen atoms in total. The number of carbonyl (C=O) groups excluding carboxylic acids is 2. The van der Waals surface area contributed by atoms with E-state index in [-0.39, 0.29) is 18.5 Å². The highest BCUT2D eigenvalue weighted by molar-refractivity contribution is 5.80. The van der Waals surface area contributed by atoms with Gasteiger partial charge in [0.2, 0.25) is 0 Å². The molecule has 1 N–H and O–H groups in total. The maximum Gasteiger partial charge on any atom is 0.306 e. The van der Waals surface area contributed by atoms with Gasteiger partial charge in [-0.2, -0.15) is 0 Å². The molecule has 2 aliphatic rings. The maximum absolute atomic E-state index is 12.1. The van der Waals surface area contributed by atoms with E-state index in [9.17, 15) is 9.59 Å². The normalized spacial score (nSPS) is 17.3. The Kier molecular flexibility index (Phi) is 12.6. The number of rotatable bonds is 17. The average molecular weight is 599 g/mol. The summed E-state index contributed by atoms with van der Waals surface area (Å²) in [5.41, 5.74) is 0.542. The second kappa shape index (κ2) is 16.4. The zero-order valence-corrected chi connectivity index (χ0v) is 27.0. The minimum Gasteiger partial charge on any atom is -0.456 e. The van der Waals surface area contributed by atoms with Crippen molar-refractivity contribution < 1.29 is 14.3 Å². The molecular weight excluding hydrogens is 544 g/mol. The van der Waals surface area contributed by atoms with Gasteiger partial charge in [-0.1, -0.05) is 13.8 Å². The number of amides is 1. The number of H-pyrrole nitrogens is 1. The minimum atomic E-state index is -0.330. The first-order valence-electron chi connectivity index (χ1n) is 16.2. The number of likely N-dealkylation sites (N-methyl/N-ethyl adjacent to an activating group) is 1. The Balaban J connectivity index is 1.20. The van der Waals surface area contributed by atoms with Crippen LogP contribution in [0, 0.1) is 11.3 Å². The van der Waals surface area contributed by atoms with Crippen LogP contribution >= 0.6 is 0 Å². The summed E-state index contributed by atoms with van der Waals surface area (Å²) in [7, 11) is 3.30. The number of aromatic amines is 1. The SMILES string of the molecule is CC(C)CN1CCC2(CC1)CCN(CCCn1ccnc1CN(CCCCC(=O)OCC(=O)N(C)C)Cc1ncc[nH]1)C2. The van der Waals surface area contributed by atoms with Crippen LogP contribution in [0.15, 0.2) is 24.8 Å². The molecule has 0 saturated carbocycles. The van der Waals surface area contributed by atoms with Crippen molar-refractivity contribution in [3.05, 3.63) is 36.4 Å². The first-order chi connectivity index (χ1) is 20.7. The lowest BCUT2D eigenvalue weighted by Crippen LogP contribution is -2.42. The molecule has 240 valence electrons. The quantitative estimate of drug-likeness (QED) is 0.219. The van der Waals surface area contributed by atoms with Crippen LogP contribution in [0.1, 0.15) is 70.4 Å². The van der Waals surface area contributed by atoms with Gasteiger partial charge >= 0.3 is 5.97 Å². The smallest absolute Gasteiger partial charge is 0.306 e. The number of unbranched alkanes of at least 4 members (excludes halogenated alkanes) is 1. The van der Waals surface area contributed by atoms with Gasteiger partial charge in [-0.05, 0) is 82.6 Å². The largest absolute Gasteiger partial charge is 0.456 e. The molecule has 43 heavy (non-hydrogen) atoms. The molecular formula is C32H54N8O3. The van der Waals surface area contributed by atoms with Gasteiger partial charge in [-0.15, -0.1) is 0 Å². The molecule has 0 bridgehead atoms. The summed E-state index contributed by atoms with van der Waals surface area (Å²) in [6.07, 6.45) is 14.6. The van der Waals surface area contributed by atoms with Crippen molar-refractivity contribution in [2.45, 2.75) is 78.4 Å². The molecule has 1 amide bonds. The lowest BCUT2D eigenvalue weighted by atomic mass is 9.77. The Bertz CT molecular complexity index is 1110. The molecule has 2 fully saturated rings. The van der Waals surface area contributed by atoms with Gasteiger partial charge in [-0.25, -0.2) is 9.97 Å². The van der Waals surface area contributed by atoms with Crippen molar-refractivity contribution in [3.63, 3.8) is 0 Å². The van der Waals surface area contributed by atoms with Crippen molar-refractivity contribution in [1.29, 1.82) is 0 Å². The van der Waals surface area contributed by atoms with Crippen LogP contribution in [-0.4, -0.2) is 118 Å². The molecule has 0 atom stereocenters. The van der Waals surface area contributed by atoms with Crippen LogP contribution in [0.5, 0.6) is 0 Å². The van der Waals surface area contributed by atoms with E-state index < -0.39 is 0 Å². The highest BCUT2D eigenvalue weighted by Gasteiger charge is 2.40. The fraction of sp³-hybridized carbons (Fsp3) is 0.750. The van der Waals surface area contributed by atoms with E-state index in [1.54, 1.807) is 20.3 Å². The average Bonchev–Trinajstić information content (AvgIpc) is 3.74. The number of ether oxygens (including phenoxy) is 1. The number of likely N-dealkylation sites (tertiary alicyclic amines) is 2. The molecule has 11 heteroatoms. The van der Waals surface area contributed by atoms with E-state index in [0.29, 0.717) is 24.8 Å². The zero-order chi connectivity index (χ0) is 30.7. The topological polar surface area (TPSA) is 103 Å². The molecule has 0 radical (unpaired) electrons. The Morgan fingerprint density at radius 2 is 1.77 bits per heavy atom. The summed E-state index contributed by atoms with van der Waals surface area (Å²) >= 11 is 0. The number of hydrogen-bond donors (Lipinski definition) is 1. The number of piperidine rings is 1. The fourth-order valence-corrected chi connectivity index (χ4v) is 6.47. The predicted octanol–water partition coefficient (Wildman–Crippen LogP) is 3.24. The summed E-state index contributed by atoms with van der Waals surface area (Å²) in [6.45, 7) is 15.0. The number of aromatic nitrogens is 4. The predicted molar refractivity (Wildman–Crippen MR) is 167 cm³/mol. The monoisotopic (exact) mass is 598 g/mol. The van der Waals surface area contributed by atoms with Crippen molar-refractivity contribution in [2.75, 3.05) is 66.5 Å². The summed E-state index contributed by atoms with van der Waals surface area (Å²) in [4.78, 5) is 45.2. The molecule has 0 aliphatic carbocycles. The summed E-state index contributed by atoms with van der Waals surface area (Å²) in [5.74, 6) is 2.18. The molecule has 2 saturated heterocycles. The fourth-order valence-electron chi connectivity index (χ4n) is 6.47. The number of nitrogens with one attached hydrogen (secondary N) is 1. The van der Waals surface area contributed by atoms with Crippen molar-refractivity contribution >= 4 is 11.9 Å². The minimum absolute atomic E-state index is 0.199. The van der Waals surface area contributed by atoms with Crippen molar-refractivity contribution in [1.82, 2.24) is 39.1 Å². The van der Waals surface area contributed by atoms with Crippen LogP contribution in [0.3, 0.4) is 0 Å². The third-order valence-electron chi connectivity index (χ3n) is 8.99. The van der Waals surface area contributed by atoms with Crippen LogP contribution < -0.4 is 0 Å². The van der Waals surface area contributed by atoms with E-state index in [2.05, 4.69) is 49.3 Å². The number of esters is 1. The number of carbonyl (C=O) groups is 2.